The molecule has 0 aromatic heterocycles. The molecule has 2 saturated heterocycles. The third kappa shape index (κ3) is 9.16. The van der Waals surface area contributed by atoms with E-state index in [1.807, 2.05) is 60.4 Å². The minimum atomic E-state index is -0.305. The lowest BCUT2D eigenvalue weighted by molar-refractivity contribution is -0.125. The fourth-order valence-electron chi connectivity index (χ4n) is 10.2. The van der Waals surface area contributed by atoms with E-state index in [1.165, 1.54) is 78.6 Å². The van der Waals surface area contributed by atoms with Crippen molar-refractivity contribution in [2.24, 2.45) is 5.92 Å². The molecule has 0 radical (unpaired) electrons. The van der Waals surface area contributed by atoms with Crippen molar-refractivity contribution < 1.29 is 19.5 Å². The number of fused-ring (bicyclic) bond motifs is 3. The smallest absolute Gasteiger partial charge is 0.254 e. The third-order valence-electron chi connectivity index (χ3n) is 13.5. The van der Waals surface area contributed by atoms with Crippen LogP contribution in [0.25, 0.3) is 0 Å². The van der Waals surface area contributed by atoms with Gasteiger partial charge >= 0.3 is 0 Å². The van der Waals surface area contributed by atoms with Gasteiger partial charge in [-0.05, 0) is 141 Å². The Labute approximate surface area is 344 Å². The highest BCUT2D eigenvalue weighted by Crippen LogP contribution is 2.39. The van der Waals surface area contributed by atoms with Crippen LogP contribution in [0.5, 0.6) is 5.75 Å². The fraction of sp³-hybridized carbons (Fsp3) is 0.449. The van der Waals surface area contributed by atoms with Crippen LogP contribution in [0.4, 0.5) is 5.69 Å². The summed E-state index contributed by atoms with van der Waals surface area (Å²) in [5, 5.41) is 12.1. The zero-order valence-corrected chi connectivity index (χ0v) is 34.0. The van der Waals surface area contributed by atoms with Gasteiger partial charge in [0, 0.05) is 74.9 Å². The SMILES string of the molecule is CC(CCC(=O)NC=O)N1Cc2cc3c(cc2C1=O)CN(C1CCN(CC2CCN(c4ccc([C@H]5CCCc6cc(O)ccc65)cc4)CC2)CC1)C3.c1ccccc1. The van der Waals surface area contributed by atoms with Crippen LogP contribution in [0.1, 0.15) is 108 Å². The molecule has 0 bridgehead atoms. The molecule has 9 heteroatoms. The first-order valence-corrected chi connectivity index (χ1v) is 21.6. The molecule has 0 saturated carbocycles. The van der Waals surface area contributed by atoms with Crippen molar-refractivity contribution in [3.8, 4) is 5.75 Å². The molecule has 4 aromatic carbocycles. The topological polar surface area (TPSA) is 96.4 Å². The van der Waals surface area contributed by atoms with Gasteiger partial charge in [-0.25, -0.2) is 0 Å². The minimum Gasteiger partial charge on any atom is -0.508 e. The van der Waals surface area contributed by atoms with Gasteiger partial charge in [-0.1, -0.05) is 60.7 Å². The van der Waals surface area contributed by atoms with E-state index in [2.05, 4.69) is 62.5 Å². The van der Waals surface area contributed by atoms with E-state index in [1.54, 1.807) is 0 Å². The lowest BCUT2D eigenvalue weighted by Crippen LogP contribution is -2.45. The van der Waals surface area contributed by atoms with E-state index in [-0.39, 0.29) is 24.3 Å². The molecular weight excluding hydrogens is 723 g/mol. The highest BCUT2D eigenvalue weighted by atomic mass is 16.3. The molecule has 2 atom stereocenters. The number of amides is 3. The number of benzene rings is 4. The molecule has 4 aromatic rings. The van der Waals surface area contributed by atoms with Crippen LogP contribution in [0, 0.1) is 5.92 Å². The normalized spacial score (nSPS) is 20.4. The first kappa shape index (κ1) is 39.8. The van der Waals surface area contributed by atoms with Gasteiger partial charge in [0.05, 0.1) is 0 Å². The number of anilines is 1. The number of aromatic hydroxyl groups is 1. The summed E-state index contributed by atoms with van der Waals surface area (Å²) in [6, 6.07) is 32.2. The Kier molecular flexibility index (Phi) is 12.6. The molecule has 1 unspecified atom stereocenters. The third-order valence-corrected chi connectivity index (χ3v) is 13.5. The fourth-order valence-corrected chi connectivity index (χ4v) is 10.2. The number of hydrogen-bond acceptors (Lipinski definition) is 7. The second kappa shape index (κ2) is 18.3. The minimum absolute atomic E-state index is 0.0564. The summed E-state index contributed by atoms with van der Waals surface area (Å²) in [6.07, 6.45) is 9.47. The lowest BCUT2D eigenvalue weighted by Gasteiger charge is -2.40. The van der Waals surface area contributed by atoms with Crippen molar-refractivity contribution >= 4 is 23.9 Å². The summed E-state index contributed by atoms with van der Waals surface area (Å²) in [4.78, 5) is 45.4. The maximum atomic E-state index is 13.3. The zero-order chi connectivity index (χ0) is 40.0. The summed E-state index contributed by atoms with van der Waals surface area (Å²) in [7, 11) is 0. The standard InChI is InChI=1S/C43H53N5O4.C6H6/c1-29(5-12-42(51)44-28-49)48-27-35-21-33-25-47(26-34(33)23-41(35)43(48)52)37-15-17-45(18-16-37)24-30-13-19-46(20-14-30)36-8-6-31(7-9-36)39-4-2-3-32-22-38(50)10-11-40(32)39;1-2-4-6-5-3-1/h6-11,21-23,28-30,37,39,50H,2-5,12-20,24-27H2,1H3,(H,44,49,51);1-6H/t29?,39-;/m1./s1. The summed E-state index contributed by atoms with van der Waals surface area (Å²) in [5.74, 6) is 1.31. The van der Waals surface area contributed by atoms with Gasteiger partial charge in [-0.3, -0.25) is 24.6 Å². The van der Waals surface area contributed by atoms with Gasteiger partial charge in [0.1, 0.15) is 5.75 Å². The molecule has 3 amide bonds. The number of piperidine rings is 2. The number of nitrogens with zero attached hydrogens (tertiary/aromatic N) is 4. The van der Waals surface area contributed by atoms with Crippen molar-refractivity contribution in [2.75, 3.05) is 37.6 Å². The monoisotopic (exact) mass is 781 g/mol. The van der Waals surface area contributed by atoms with Crippen molar-refractivity contribution in [1.82, 2.24) is 20.0 Å². The predicted octanol–water partition coefficient (Wildman–Crippen LogP) is 7.64. The van der Waals surface area contributed by atoms with Crippen LogP contribution in [0.2, 0.25) is 0 Å². The second-order valence-corrected chi connectivity index (χ2v) is 17.2. The number of nitrogens with one attached hydrogen (secondary N) is 1. The summed E-state index contributed by atoms with van der Waals surface area (Å²) in [6.45, 7) is 10.2. The molecule has 304 valence electrons. The number of carbonyl (C=O) groups excluding carboxylic acids is 3. The van der Waals surface area contributed by atoms with Crippen molar-refractivity contribution in [3.63, 3.8) is 0 Å². The Balaban J connectivity index is 0.000000719. The number of likely N-dealkylation sites (tertiary alicyclic amines) is 1. The van der Waals surface area contributed by atoms with Crippen LogP contribution >= 0.6 is 0 Å². The molecule has 5 aliphatic rings. The van der Waals surface area contributed by atoms with E-state index in [9.17, 15) is 19.5 Å². The number of phenols is 1. The lowest BCUT2D eigenvalue weighted by atomic mass is 9.79. The molecule has 4 heterocycles. The first-order valence-electron chi connectivity index (χ1n) is 21.6. The average molecular weight is 782 g/mol. The second-order valence-electron chi connectivity index (χ2n) is 17.2. The Hall–Kier alpha value is -4.99. The van der Waals surface area contributed by atoms with Gasteiger partial charge in [-0.2, -0.15) is 0 Å². The maximum absolute atomic E-state index is 13.3. The van der Waals surface area contributed by atoms with E-state index in [4.69, 9.17) is 0 Å². The van der Waals surface area contributed by atoms with E-state index < -0.39 is 0 Å². The maximum Gasteiger partial charge on any atom is 0.254 e. The van der Waals surface area contributed by atoms with Crippen LogP contribution in [-0.2, 0) is 35.6 Å². The van der Waals surface area contributed by atoms with E-state index in [0.29, 0.717) is 37.1 Å². The number of imide groups is 1. The number of carbonyl (C=O) groups is 3. The first-order chi connectivity index (χ1) is 28.3. The predicted molar refractivity (Wildman–Crippen MR) is 229 cm³/mol. The molecule has 4 aliphatic heterocycles. The molecule has 2 fully saturated rings. The van der Waals surface area contributed by atoms with Crippen LogP contribution in [0.15, 0.2) is 91.0 Å². The van der Waals surface area contributed by atoms with Crippen LogP contribution in [0.3, 0.4) is 0 Å². The van der Waals surface area contributed by atoms with Gasteiger partial charge in [-0.15, -0.1) is 0 Å². The average Bonchev–Trinajstić information content (AvgIpc) is 3.83. The van der Waals surface area contributed by atoms with Gasteiger partial charge in [0.2, 0.25) is 12.3 Å². The molecule has 1 aliphatic carbocycles. The molecule has 9 nitrogen and oxygen atoms in total. The largest absolute Gasteiger partial charge is 0.508 e. The highest BCUT2D eigenvalue weighted by molar-refractivity contribution is 5.99. The van der Waals surface area contributed by atoms with Gasteiger partial charge < -0.3 is 19.8 Å². The number of hydrogen-bond donors (Lipinski definition) is 2. The number of rotatable bonds is 10. The van der Waals surface area contributed by atoms with Gasteiger partial charge in [0.15, 0.2) is 0 Å². The Morgan fingerprint density at radius 2 is 1.50 bits per heavy atom. The Bertz CT molecular complexity index is 2010. The zero-order valence-electron chi connectivity index (χ0n) is 34.0. The Morgan fingerprint density at radius 1 is 0.810 bits per heavy atom. The summed E-state index contributed by atoms with van der Waals surface area (Å²) < 4.78 is 0. The van der Waals surface area contributed by atoms with Crippen molar-refractivity contribution in [1.29, 1.82) is 0 Å². The molecule has 2 N–H and O–H groups in total. The summed E-state index contributed by atoms with van der Waals surface area (Å²) in [5.41, 5.74) is 9.97. The van der Waals surface area contributed by atoms with E-state index >= 15 is 0 Å². The molecule has 0 spiro atoms. The Morgan fingerprint density at radius 3 is 2.19 bits per heavy atom. The number of aryl methyl sites for hydroxylation is 1. The molecule has 9 rings (SSSR count). The van der Waals surface area contributed by atoms with Crippen LogP contribution < -0.4 is 10.2 Å². The number of phenolic OH excluding ortho intramolecular Hbond substituents is 1. The van der Waals surface area contributed by atoms with E-state index in [0.717, 1.165) is 62.7 Å². The summed E-state index contributed by atoms with van der Waals surface area (Å²) >= 11 is 0. The quantitative estimate of drug-likeness (QED) is 0.160. The van der Waals surface area contributed by atoms with Crippen molar-refractivity contribution in [2.45, 2.75) is 102 Å². The van der Waals surface area contributed by atoms with Crippen molar-refractivity contribution in [3.05, 3.63) is 130 Å². The highest BCUT2D eigenvalue weighted by Gasteiger charge is 2.36. The molecular formula is C49H59N5O4. The van der Waals surface area contributed by atoms with Gasteiger partial charge in [0.25, 0.3) is 5.91 Å². The van der Waals surface area contributed by atoms with Crippen LogP contribution in [-0.4, -0.2) is 82.8 Å². The molecule has 58 heavy (non-hydrogen) atoms.